The first-order valence-electron chi connectivity index (χ1n) is 8.02. The lowest BCUT2D eigenvalue weighted by atomic mass is 10.1. The number of piperidine rings is 1. The Morgan fingerprint density at radius 3 is 2.62 bits per heavy atom. The lowest BCUT2D eigenvalue weighted by molar-refractivity contribution is 0.0820. The quantitative estimate of drug-likeness (QED) is 0.760. The number of benzene rings is 1. The summed E-state index contributed by atoms with van der Waals surface area (Å²) in [6.07, 6.45) is 3.99. The van der Waals surface area contributed by atoms with Crippen LogP contribution in [0.15, 0.2) is 24.3 Å². The second kappa shape index (κ2) is 8.74. The molecule has 4 heteroatoms. The van der Waals surface area contributed by atoms with E-state index in [9.17, 15) is 5.11 Å². The first-order chi connectivity index (χ1) is 10.1. The number of nitrogens with zero attached hydrogens (tertiary/aromatic N) is 1. The van der Waals surface area contributed by atoms with Crippen molar-refractivity contribution in [2.45, 2.75) is 44.8 Å². The van der Waals surface area contributed by atoms with Gasteiger partial charge in [0.15, 0.2) is 0 Å². The van der Waals surface area contributed by atoms with Crippen molar-refractivity contribution in [1.82, 2.24) is 10.2 Å². The second-order valence-corrected chi connectivity index (χ2v) is 6.55. The van der Waals surface area contributed by atoms with Gasteiger partial charge in [0.2, 0.25) is 0 Å². The van der Waals surface area contributed by atoms with E-state index in [0.29, 0.717) is 6.04 Å². The number of hydrogen-bond donors (Lipinski definition) is 2. The van der Waals surface area contributed by atoms with Crippen LogP contribution in [-0.4, -0.2) is 48.3 Å². The van der Waals surface area contributed by atoms with Crippen LogP contribution in [0.25, 0.3) is 0 Å². The maximum absolute atomic E-state index is 9.48. The fraction of sp³-hybridized carbons (Fsp3) is 0.647. The Morgan fingerprint density at radius 1 is 1.29 bits per heavy atom. The Labute approximate surface area is 133 Å². The molecule has 0 aliphatic carbocycles. The SMILES string of the molecule is CC(Cc1ccc(Cl)cc1)NCCCN1CCC(O)CC1. The van der Waals surface area contributed by atoms with Gasteiger partial charge in [0.05, 0.1) is 6.10 Å². The van der Waals surface area contributed by atoms with Crippen LogP contribution < -0.4 is 5.32 Å². The van der Waals surface area contributed by atoms with Crippen LogP contribution >= 0.6 is 11.6 Å². The minimum Gasteiger partial charge on any atom is -0.393 e. The monoisotopic (exact) mass is 310 g/mol. The van der Waals surface area contributed by atoms with Crippen molar-refractivity contribution in [3.63, 3.8) is 0 Å². The molecule has 1 aromatic rings. The summed E-state index contributed by atoms with van der Waals surface area (Å²) in [4.78, 5) is 2.46. The highest BCUT2D eigenvalue weighted by molar-refractivity contribution is 6.30. The maximum Gasteiger partial charge on any atom is 0.0564 e. The predicted octanol–water partition coefficient (Wildman–Crippen LogP) is 2.71. The van der Waals surface area contributed by atoms with Crippen LogP contribution in [0.5, 0.6) is 0 Å². The Kier molecular flexibility index (Phi) is 6.97. The largest absolute Gasteiger partial charge is 0.393 e. The third-order valence-electron chi connectivity index (χ3n) is 4.16. The smallest absolute Gasteiger partial charge is 0.0564 e. The summed E-state index contributed by atoms with van der Waals surface area (Å²) >= 11 is 5.90. The lowest BCUT2D eigenvalue weighted by Gasteiger charge is -2.29. The topological polar surface area (TPSA) is 35.5 Å². The molecule has 1 heterocycles. The zero-order chi connectivity index (χ0) is 15.1. The average Bonchev–Trinajstić information content (AvgIpc) is 2.48. The summed E-state index contributed by atoms with van der Waals surface area (Å²) in [7, 11) is 0. The third-order valence-corrected chi connectivity index (χ3v) is 4.41. The zero-order valence-electron chi connectivity index (χ0n) is 12.9. The normalized spacial score (nSPS) is 18.8. The van der Waals surface area contributed by atoms with Gasteiger partial charge in [0.25, 0.3) is 0 Å². The number of likely N-dealkylation sites (tertiary alicyclic amines) is 1. The minimum absolute atomic E-state index is 0.0706. The van der Waals surface area contributed by atoms with E-state index in [2.05, 4.69) is 29.3 Å². The molecule has 2 N–H and O–H groups in total. The molecule has 1 aliphatic heterocycles. The number of halogens is 1. The molecule has 1 unspecified atom stereocenters. The van der Waals surface area contributed by atoms with E-state index in [4.69, 9.17) is 11.6 Å². The Balaban J connectivity index is 1.57. The van der Waals surface area contributed by atoms with Crippen molar-refractivity contribution in [3.8, 4) is 0 Å². The minimum atomic E-state index is -0.0706. The molecule has 1 atom stereocenters. The molecule has 118 valence electrons. The van der Waals surface area contributed by atoms with Crippen LogP contribution in [0.1, 0.15) is 31.7 Å². The summed E-state index contributed by atoms with van der Waals surface area (Å²) in [5.74, 6) is 0. The van der Waals surface area contributed by atoms with Gasteiger partial charge in [-0.05, 0) is 63.4 Å². The summed E-state index contributed by atoms with van der Waals surface area (Å²) in [5, 5.41) is 13.9. The Bertz CT molecular complexity index is 402. The van der Waals surface area contributed by atoms with Gasteiger partial charge in [-0.15, -0.1) is 0 Å². The van der Waals surface area contributed by atoms with Gasteiger partial charge in [-0.2, -0.15) is 0 Å². The molecule has 1 aromatic carbocycles. The number of aliphatic hydroxyl groups is 1. The molecule has 2 rings (SSSR count). The third kappa shape index (κ3) is 6.35. The molecule has 21 heavy (non-hydrogen) atoms. The molecule has 0 saturated carbocycles. The van der Waals surface area contributed by atoms with Crippen LogP contribution in [0, 0.1) is 0 Å². The Hall–Kier alpha value is -0.610. The highest BCUT2D eigenvalue weighted by atomic mass is 35.5. The van der Waals surface area contributed by atoms with E-state index < -0.39 is 0 Å². The first-order valence-corrected chi connectivity index (χ1v) is 8.39. The predicted molar refractivity (Wildman–Crippen MR) is 88.9 cm³/mol. The van der Waals surface area contributed by atoms with Crippen molar-refractivity contribution in [3.05, 3.63) is 34.9 Å². The summed E-state index contributed by atoms with van der Waals surface area (Å²) in [5.41, 5.74) is 1.32. The highest BCUT2D eigenvalue weighted by Gasteiger charge is 2.16. The van der Waals surface area contributed by atoms with E-state index in [0.717, 1.165) is 50.5 Å². The molecule has 0 spiro atoms. The van der Waals surface area contributed by atoms with Crippen molar-refractivity contribution < 1.29 is 5.11 Å². The van der Waals surface area contributed by atoms with Gasteiger partial charge in [-0.25, -0.2) is 0 Å². The molecule has 0 aromatic heterocycles. The second-order valence-electron chi connectivity index (χ2n) is 6.11. The van der Waals surface area contributed by atoms with Crippen molar-refractivity contribution >= 4 is 11.6 Å². The van der Waals surface area contributed by atoms with Crippen molar-refractivity contribution in [2.75, 3.05) is 26.2 Å². The standard InChI is InChI=1S/C17H27ClN2O/c1-14(13-15-3-5-16(18)6-4-15)19-9-2-10-20-11-7-17(21)8-12-20/h3-6,14,17,19,21H,2,7-13H2,1H3. The fourth-order valence-electron chi connectivity index (χ4n) is 2.84. The highest BCUT2D eigenvalue weighted by Crippen LogP contribution is 2.11. The molecule has 0 bridgehead atoms. The van der Waals surface area contributed by atoms with E-state index in [1.54, 1.807) is 0 Å². The average molecular weight is 311 g/mol. The summed E-state index contributed by atoms with van der Waals surface area (Å²) < 4.78 is 0. The zero-order valence-corrected chi connectivity index (χ0v) is 13.6. The molecule has 0 amide bonds. The fourth-order valence-corrected chi connectivity index (χ4v) is 2.97. The van der Waals surface area contributed by atoms with Crippen LogP contribution in [0.2, 0.25) is 5.02 Å². The van der Waals surface area contributed by atoms with Gasteiger partial charge < -0.3 is 15.3 Å². The van der Waals surface area contributed by atoms with E-state index >= 15 is 0 Å². The summed E-state index contributed by atoms with van der Waals surface area (Å²) in [6, 6.07) is 8.58. The van der Waals surface area contributed by atoms with Gasteiger partial charge in [-0.3, -0.25) is 0 Å². The van der Waals surface area contributed by atoms with E-state index in [1.165, 1.54) is 12.0 Å². The molecule has 0 radical (unpaired) electrons. The van der Waals surface area contributed by atoms with Crippen LogP contribution in [0.4, 0.5) is 0 Å². The molecular weight excluding hydrogens is 284 g/mol. The van der Waals surface area contributed by atoms with Gasteiger partial charge in [0, 0.05) is 24.2 Å². The number of nitrogens with one attached hydrogen (secondary N) is 1. The number of hydrogen-bond acceptors (Lipinski definition) is 3. The number of aliphatic hydroxyl groups excluding tert-OH is 1. The van der Waals surface area contributed by atoms with Crippen molar-refractivity contribution in [1.29, 1.82) is 0 Å². The van der Waals surface area contributed by atoms with E-state index in [1.807, 2.05) is 12.1 Å². The van der Waals surface area contributed by atoms with E-state index in [-0.39, 0.29) is 6.10 Å². The molecule has 1 fully saturated rings. The first kappa shape index (κ1) is 16.8. The van der Waals surface area contributed by atoms with Gasteiger partial charge in [-0.1, -0.05) is 23.7 Å². The van der Waals surface area contributed by atoms with Gasteiger partial charge >= 0.3 is 0 Å². The molecule has 1 aliphatic rings. The van der Waals surface area contributed by atoms with Crippen molar-refractivity contribution in [2.24, 2.45) is 0 Å². The Morgan fingerprint density at radius 2 is 1.95 bits per heavy atom. The molecular formula is C17H27ClN2O. The maximum atomic E-state index is 9.48. The number of rotatable bonds is 7. The van der Waals surface area contributed by atoms with Crippen LogP contribution in [-0.2, 0) is 6.42 Å². The summed E-state index contributed by atoms with van der Waals surface area (Å²) in [6.45, 7) is 6.50. The molecule has 1 saturated heterocycles. The van der Waals surface area contributed by atoms with Gasteiger partial charge in [0.1, 0.15) is 0 Å². The van der Waals surface area contributed by atoms with Crippen LogP contribution in [0.3, 0.4) is 0 Å². The lowest BCUT2D eigenvalue weighted by Crippen LogP contribution is -2.38. The molecule has 3 nitrogen and oxygen atoms in total.